The van der Waals surface area contributed by atoms with Crippen molar-refractivity contribution in [3.63, 3.8) is 0 Å². The fourth-order valence-electron chi connectivity index (χ4n) is 1.60. The molecular formula is C13H25N3O2. The van der Waals surface area contributed by atoms with Gasteiger partial charge >= 0.3 is 0 Å². The molecule has 0 aliphatic heterocycles. The van der Waals surface area contributed by atoms with E-state index in [2.05, 4.69) is 24.0 Å². The van der Waals surface area contributed by atoms with Crippen molar-refractivity contribution < 1.29 is 9.26 Å². The summed E-state index contributed by atoms with van der Waals surface area (Å²) in [4.78, 5) is 4.39. The maximum Gasteiger partial charge on any atom is 0.244 e. The van der Waals surface area contributed by atoms with Crippen molar-refractivity contribution in [3.05, 3.63) is 11.7 Å². The van der Waals surface area contributed by atoms with E-state index >= 15 is 0 Å². The summed E-state index contributed by atoms with van der Waals surface area (Å²) >= 11 is 0. The molecule has 1 heterocycles. The van der Waals surface area contributed by atoms with Crippen molar-refractivity contribution in [1.29, 1.82) is 0 Å². The first-order valence-corrected chi connectivity index (χ1v) is 6.48. The highest BCUT2D eigenvalue weighted by Crippen LogP contribution is 2.31. The first-order valence-electron chi connectivity index (χ1n) is 6.48. The van der Waals surface area contributed by atoms with Crippen LogP contribution in [0.15, 0.2) is 4.52 Å². The van der Waals surface area contributed by atoms with E-state index in [9.17, 15) is 0 Å². The van der Waals surface area contributed by atoms with E-state index in [0.717, 1.165) is 0 Å². The lowest BCUT2D eigenvalue weighted by atomic mass is 9.87. The molecule has 0 saturated carbocycles. The lowest BCUT2D eigenvalue weighted by molar-refractivity contribution is 0.0217. The largest absolute Gasteiger partial charge is 0.370 e. The van der Waals surface area contributed by atoms with Gasteiger partial charge in [0.1, 0.15) is 6.10 Å². The smallest absolute Gasteiger partial charge is 0.244 e. The summed E-state index contributed by atoms with van der Waals surface area (Å²) in [5.74, 6) is 1.35. The molecule has 0 radical (unpaired) electrons. The zero-order valence-electron chi connectivity index (χ0n) is 12.2. The van der Waals surface area contributed by atoms with Gasteiger partial charge in [0.15, 0.2) is 0 Å². The van der Waals surface area contributed by atoms with Gasteiger partial charge in [-0.25, -0.2) is 0 Å². The van der Waals surface area contributed by atoms with E-state index in [1.54, 1.807) is 0 Å². The van der Waals surface area contributed by atoms with Gasteiger partial charge < -0.3 is 15.0 Å². The Hall–Kier alpha value is -0.940. The Kier molecular flexibility index (Phi) is 4.87. The molecule has 0 saturated heterocycles. The number of rotatable bonds is 5. The summed E-state index contributed by atoms with van der Waals surface area (Å²) in [6, 6.07) is -0.270. The molecule has 2 unspecified atom stereocenters. The number of hydrogen-bond acceptors (Lipinski definition) is 5. The first kappa shape index (κ1) is 15.1. The van der Waals surface area contributed by atoms with Crippen LogP contribution in [-0.4, -0.2) is 16.7 Å². The molecule has 0 aromatic carbocycles. The third-order valence-electron chi connectivity index (χ3n) is 2.86. The molecule has 18 heavy (non-hydrogen) atoms. The molecular weight excluding hydrogens is 230 g/mol. The summed E-state index contributed by atoms with van der Waals surface area (Å²) in [5.41, 5.74) is 5.99. The molecule has 0 amide bonds. The van der Waals surface area contributed by atoms with Gasteiger partial charge in [-0.2, -0.15) is 4.98 Å². The van der Waals surface area contributed by atoms with E-state index in [1.165, 1.54) is 0 Å². The average molecular weight is 255 g/mol. The normalized spacial score (nSPS) is 16.0. The quantitative estimate of drug-likeness (QED) is 0.875. The summed E-state index contributed by atoms with van der Waals surface area (Å²) in [6.07, 6.45) is -0.139. The van der Waals surface area contributed by atoms with Crippen LogP contribution in [0, 0.1) is 11.3 Å². The summed E-state index contributed by atoms with van der Waals surface area (Å²) in [5, 5.41) is 4.00. The van der Waals surface area contributed by atoms with Crippen molar-refractivity contribution in [3.8, 4) is 0 Å². The van der Waals surface area contributed by atoms with Crippen LogP contribution >= 0.6 is 0 Å². The number of nitrogens with two attached hydrogens (primary N) is 1. The standard InChI is InChI=1S/C13H25N3O2/c1-7-17-9(8(2)3)11-15-12(18-16-11)10(14)13(4,5)6/h8-10H,7,14H2,1-6H3. The second-order valence-electron chi connectivity index (χ2n) is 5.95. The SMILES string of the molecule is CCOC(c1noc(C(N)C(C)(C)C)n1)C(C)C. The third-order valence-corrected chi connectivity index (χ3v) is 2.86. The molecule has 2 N–H and O–H groups in total. The Morgan fingerprint density at radius 1 is 1.33 bits per heavy atom. The fourth-order valence-corrected chi connectivity index (χ4v) is 1.60. The molecule has 104 valence electrons. The van der Waals surface area contributed by atoms with Crippen LogP contribution in [0.3, 0.4) is 0 Å². The molecule has 1 aromatic heterocycles. The minimum absolute atomic E-state index is 0.108. The van der Waals surface area contributed by atoms with Crippen LogP contribution in [0.25, 0.3) is 0 Å². The van der Waals surface area contributed by atoms with E-state index in [4.69, 9.17) is 15.0 Å². The maximum absolute atomic E-state index is 6.10. The van der Waals surface area contributed by atoms with Gasteiger partial charge in [-0.15, -0.1) is 0 Å². The molecule has 0 aliphatic rings. The summed E-state index contributed by atoms with van der Waals surface area (Å²) in [7, 11) is 0. The molecule has 0 spiro atoms. The van der Waals surface area contributed by atoms with Crippen LogP contribution in [0.1, 0.15) is 65.4 Å². The van der Waals surface area contributed by atoms with Gasteiger partial charge in [-0.1, -0.05) is 39.8 Å². The Morgan fingerprint density at radius 2 is 1.94 bits per heavy atom. The molecule has 0 bridgehead atoms. The molecule has 0 aliphatic carbocycles. The lowest BCUT2D eigenvalue weighted by Crippen LogP contribution is -2.26. The van der Waals surface area contributed by atoms with Crippen molar-refractivity contribution >= 4 is 0 Å². The minimum Gasteiger partial charge on any atom is -0.370 e. The van der Waals surface area contributed by atoms with Crippen LogP contribution in [0.5, 0.6) is 0 Å². The monoisotopic (exact) mass is 255 g/mol. The van der Waals surface area contributed by atoms with Gasteiger partial charge in [0.25, 0.3) is 0 Å². The van der Waals surface area contributed by atoms with Crippen LogP contribution < -0.4 is 5.73 Å². The van der Waals surface area contributed by atoms with Crippen molar-refractivity contribution in [1.82, 2.24) is 10.1 Å². The maximum atomic E-state index is 6.10. The molecule has 1 rings (SSSR count). The zero-order valence-corrected chi connectivity index (χ0v) is 12.2. The Balaban J connectivity index is 2.91. The summed E-state index contributed by atoms with van der Waals surface area (Å²) < 4.78 is 10.9. The molecule has 1 aromatic rings. The van der Waals surface area contributed by atoms with E-state index in [0.29, 0.717) is 24.2 Å². The number of hydrogen-bond donors (Lipinski definition) is 1. The Morgan fingerprint density at radius 3 is 2.39 bits per heavy atom. The second-order valence-corrected chi connectivity index (χ2v) is 5.95. The second kappa shape index (κ2) is 5.80. The minimum atomic E-state index is -0.270. The highest BCUT2D eigenvalue weighted by Gasteiger charge is 2.29. The van der Waals surface area contributed by atoms with E-state index in [1.807, 2.05) is 27.7 Å². The van der Waals surface area contributed by atoms with Crippen molar-refractivity contribution in [2.45, 2.75) is 53.7 Å². The summed E-state index contributed by atoms with van der Waals surface area (Å²) in [6.45, 7) is 12.9. The topological polar surface area (TPSA) is 74.2 Å². The van der Waals surface area contributed by atoms with Crippen LogP contribution in [0.2, 0.25) is 0 Å². The molecule has 5 heteroatoms. The first-order chi connectivity index (χ1) is 8.27. The van der Waals surface area contributed by atoms with Gasteiger partial charge in [0.2, 0.25) is 11.7 Å². The highest BCUT2D eigenvalue weighted by atomic mass is 16.5. The molecule has 5 nitrogen and oxygen atoms in total. The molecule has 2 atom stereocenters. The van der Waals surface area contributed by atoms with Gasteiger partial charge in [-0.3, -0.25) is 0 Å². The molecule has 0 fully saturated rings. The lowest BCUT2D eigenvalue weighted by Gasteiger charge is -2.23. The van der Waals surface area contributed by atoms with Gasteiger partial charge in [-0.05, 0) is 18.3 Å². The Labute approximate surface area is 109 Å². The highest BCUT2D eigenvalue weighted by molar-refractivity contribution is 4.99. The number of aromatic nitrogens is 2. The number of ether oxygens (including phenoxy) is 1. The van der Waals surface area contributed by atoms with E-state index in [-0.39, 0.29) is 17.6 Å². The van der Waals surface area contributed by atoms with Gasteiger partial charge in [0.05, 0.1) is 6.04 Å². The van der Waals surface area contributed by atoms with Crippen LogP contribution in [0.4, 0.5) is 0 Å². The third kappa shape index (κ3) is 3.53. The van der Waals surface area contributed by atoms with Crippen molar-refractivity contribution in [2.24, 2.45) is 17.1 Å². The predicted molar refractivity (Wildman–Crippen MR) is 69.9 cm³/mol. The zero-order chi connectivity index (χ0) is 13.9. The average Bonchev–Trinajstić information content (AvgIpc) is 2.71. The fraction of sp³-hybridized carbons (Fsp3) is 0.846. The van der Waals surface area contributed by atoms with Gasteiger partial charge in [0, 0.05) is 6.61 Å². The van der Waals surface area contributed by atoms with Crippen molar-refractivity contribution in [2.75, 3.05) is 6.61 Å². The predicted octanol–water partition coefficient (Wildman–Crippen LogP) is 2.85. The Bertz CT molecular complexity index is 369. The van der Waals surface area contributed by atoms with E-state index < -0.39 is 0 Å². The number of nitrogens with zero attached hydrogens (tertiary/aromatic N) is 2. The van der Waals surface area contributed by atoms with Crippen LogP contribution in [-0.2, 0) is 4.74 Å².